The summed E-state index contributed by atoms with van der Waals surface area (Å²) in [7, 11) is -3.09. The van der Waals surface area contributed by atoms with Crippen molar-refractivity contribution in [3.05, 3.63) is 0 Å². The van der Waals surface area contributed by atoms with Crippen molar-refractivity contribution in [1.82, 2.24) is 14.9 Å². The average molecular weight is 289 g/mol. The van der Waals surface area contributed by atoms with E-state index in [-0.39, 0.29) is 17.9 Å². The quantitative estimate of drug-likeness (QED) is 0.726. The molecule has 6 nitrogen and oxygen atoms in total. The standard InChI is InChI=1S/C12H23N3O3S/c1-9-7-13-8-11(9)12(16)14-10-3-5-15(6-4-10)19(2,17)18/h9-11,13H,3-8H2,1-2H3,(H,14,16). The van der Waals surface area contributed by atoms with Crippen molar-refractivity contribution in [3.8, 4) is 0 Å². The van der Waals surface area contributed by atoms with Gasteiger partial charge in [0, 0.05) is 25.7 Å². The smallest absolute Gasteiger partial charge is 0.224 e. The molecular formula is C12H23N3O3S. The topological polar surface area (TPSA) is 78.5 Å². The average Bonchev–Trinajstić information content (AvgIpc) is 2.75. The SMILES string of the molecule is CC1CNCC1C(=O)NC1CCN(S(C)(=O)=O)CC1. The Kier molecular flexibility index (Phi) is 4.47. The Morgan fingerprint density at radius 2 is 1.89 bits per heavy atom. The maximum Gasteiger partial charge on any atom is 0.224 e. The van der Waals surface area contributed by atoms with Crippen molar-refractivity contribution in [2.75, 3.05) is 32.4 Å². The molecule has 7 heteroatoms. The molecule has 19 heavy (non-hydrogen) atoms. The van der Waals surface area contributed by atoms with Gasteiger partial charge in [-0.05, 0) is 25.3 Å². The monoisotopic (exact) mass is 289 g/mol. The second-order valence-electron chi connectivity index (χ2n) is 5.69. The summed E-state index contributed by atoms with van der Waals surface area (Å²) >= 11 is 0. The number of hydrogen-bond acceptors (Lipinski definition) is 4. The van der Waals surface area contributed by atoms with Crippen molar-refractivity contribution >= 4 is 15.9 Å². The highest BCUT2D eigenvalue weighted by atomic mass is 32.2. The van der Waals surface area contributed by atoms with Crippen LogP contribution in [0.1, 0.15) is 19.8 Å². The predicted molar refractivity (Wildman–Crippen MR) is 73.1 cm³/mol. The van der Waals surface area contributed by atoms with Crippen LogP contribution in [-0.2, 0) is 14.8 Å². The van der Waals surface area contributed by atoms with Gasteiger partial charge in [0.15, 0.2) is 0 Å². The van der Waals surface area contributed by atoms with Crippen molar-refractivity contribution < 1.29 is 13.2 Å². The second kappa shape index (κ2) is 5.76. The molecule has 0 aromatic carbocycles. The zero-order valence-corrected chi connectivity index (χ0v) is 12.4. The van der Waals surface area contributed by atoms with E-state index in [1.807, 2.05) is 0 Å². The highest BCUT2D eigenvalue weighted by Gasteiger charge is 2.32. The number of carbonyl (C=O) groups excluding carboxylic acids is 1. The number of amides is 1. The Balaban J connectivity index is 1.81. The van der Waals surface area contributed by atoms with Crippen LogP contribution in [0, 0.1) is 11.8 Å². The molecule has 0 aromatic rings. The molecule has 0 aromatic heterocycles. The van der Waals surface area contributed by atoms with Crippen LogP contribution >= 0.6 is 0 Å². The molecule has 2 saturated heterocycles. The summed E-state index contributed by atoms with van der Waals surface area (Å²) < 4.78 is 24.3. The van der Waals surface area contributed by atoms with E-state index in [0.717, 1.165) is 13.1 Å². The number of piperidine rings is 1. The van der Waals surface area contributed by atoms with E-state index < -0.39 is 10.0 Å². The van der Waals surface area contributed by atoms with Crippen LogP contribution < -0.4 is 10.6 Å². The number of sulfonamides is 1. The Hall–Kier alpha value is -0.660. The molecule has 0 aliphatic carbocycles. The summed E-state index contributed by atoms with van der Waals surface area (Å²) in [5.74, 6) is 0.527. The van der Waals surface area contributed by atoms with Gasteiger partial charge >= 0.3 is 0 Å². The Bertz CT molecular complexity index is 430. The first kappa shape index (κ1) is 14.7. The van der Waals surface area contributed by atoms with Crippen LogP contribution in [0.2, 0.25) is 0 Å². The van der Waals surface area contributed by atoms with E-state index in [4.69, 9.17) is 0 Å². The lowest BCUT2D eigenvalue weighted by Gasteiger charge is -2.31. The minimum Gasteiger partial charge on any atom is -0.353 e. The summed E-state index contributed by atoms with van der Waals surface area (Å²) in [6.07, 6.45) is 2.64. The zero-order chi connectivity index (χ0) is 14.0. The molecule has 2 heterocycles. The van der Waals surface area contributed by atoms with Crippen LogP contribution in [0.5, 0.6) is 0 Å². The molecular weight excluding hydrogens is 266 g/mol. The Morgan fingerprint density at radius 1 is 1.26 bits per heavy atom. The van der Waals surface area contributed by atoms with Crippen molar-refractivity contribution in [2.24, 2.45) is 11.8 Å². The normalized spacial score (nSPS) is 30.4. The minimum atomic E-state index is -3.09. The lowest BCUT2D eigenvalue weighted by molar-refractivity contribution is -0.126. The molecule has 110 valence electrons. The molecule has 2 rings (SSSR count). The van der Waals surface area contributed by atoms with Gasteiger partial charge in [-0.15, -0.1) is 0 Å². The third-order valence-electron chi connectivity index (χ3n) is 4.12. The number of carbonyl (C=O) groups is 1. The lowest BCUT2D eigenvalue weighted by atomic mass is 9.96. The molecule has 2 fully saturated rings. The third-order valence-corrected chi connectivity index (χ3v) is 5.43. The summed E-state index contributed by atoms with van der Waals surface area (Å²) in [5, 5.41) is 6.28. The van der Waals surface area contributed by atoms with E-state index in [9.17, 15) is 13.2 Å². The van der Waals surface area contributed by atoms with Gasteiger partial charge in [0.25, 0.3) is 0 Å². The van der Waals surface area contributed by atoms with E-state index in [0.29, 0.717) is 31.8 Å². The fraction of sp³-hybridized carbons (Fsp3) is 0.917. The van der Waals surface area contributed by atoms with Crippen LogP contribution in [0.4, 0.5) is 0 Å². The van der Waals surface area contributed by atoms with Crippen LogP contribution in [0.25, 0.3) is 0 Å². The number of nitrogens with zero attached hydrogens (tertiary/aromatic N) is 1. The van der Waals surface area contributed by atoms with Crippen LogP contribution in [-0.4, -0.2) is 57.1 Å². The first-order valence-corrected chi connectivity index (χ1v) is 8.69. The fourth-order valence-corrected chi connectivity index (χ4v) is 3.68. The Labute approximate surface area is 115 Å². The van der Waals surface area contributed by atoms with Crippen LogP contribution in [0.15, 0.2) is 0 Å². The minimum absolute atomic E-state index is 0.0490. The predicted octanol–water partition coefficient (Wildman–Crippen LogP) is -0.618. The van der Waals surface area contributed by atoms with Crippen molar-refractivity contribution in [3.63, 3.8) is 0 Å². The molecule has 2 N–H and O–H groups in total. The molecule has 1 amide bonds. The van der Waals surface area contributed by atoms with E-state index >= 15 is 0 Å². The largest absolute Gasteiger partial charge is 0.353 e. The molecule has 0 saturated carbocycles. The molecule has 2 aliphatic heterocycles. The van der Waals surface area contributed by atoms with Gasteiger partial charge in [0.05, 0.1) is 12.2 Å². The van der Waals surface area contributed by atoms with Crippen molar-refractivity contribution in [1.29, 1.82) is 0 Å². The fourth-order valence-electron chi connectivity index (χ4n) is 2.80. The molecule has 2 aliphatic rings. The van der Waals surface area contributed by atoms with E-state index in [1.54, 1.807) is 0 Å². The molecule has 0 bridgehead atoms. The highest BCUT2D eigenvalue weighted by Crippen LogP contribution is 2.18. The number of nitrogens with one attached hydrogen (secondary N) is 2. The first-order chi connectivity index (χ1) is 8.88. The summed E-state index contributed by atoms with van der Waals surface area (Å²) in [5.41, 5.74) is 0. The Morgan fingerprint density at radius 3 is 2.37 bits per heavy atom. The van der Waals surface area contributed by atoms with Gasteiger partial charge in [0.2, 0.25) is 15.9 Å². The summed E-state index contributed by atoms with van der Waals surface area (Å²) in [6, 6.07) is 0.110. The summed E-state index contributed by atoms with van der Waals surface area (Å²) in [4.78, 5) is 12.1. The first-order valence-electron chi connectivity index (χ1n) is 6.84. The third kappa shape index (κ3) is 3.67. The van der Waals surface area contributed by atoms with Gasteiger partial charge in [-0.2, -0.15) is 0 Å². The maximum atomic E-state index is 12.1. The zero-order valence-electron chi connectivity index (χ0n) is 11.6. The van der Waals surface area contributed by atoms with Gasteiger partial charge in [-0.3, -0.25) is 4.79 Å². The molecule has 0 spiro atoms. The highest BCUT2D eigenvalue weighted by molar-refractivity contribution is 7.88. The van der Waals surface area contributed by atoms with E-state index in [2.05, 4.69) is 17.6 Å². The van der Waals surface area contributed by atoms with Crippen LogP contribution in [0.3, 0.4) is 0 Å². The van der Waals surface area contributed by atoms with E-state index in [1.165, 1.54) is 10.6 Å². The summed E-state index contributed by atoms with van der Waals surface area (Å²) in [6.45, 7) is 4.72. The second-order valence-corrected chi connectivity index (χ2v) is 7.67. The van der Waals surface area contributed by atoms with Gasteiger partial charge in [0.1, 0.15) is 0 Å². The van der Waals surface area contributed by atoms with Gasteiger partial charge in [-0.1, -0.05) is 6.92 Å². The number of hydrogen-bond donors (Lipinski definition) is 2. The van der Waals surface area contributed by atoms with Gasteiger partial charge < -0.3 is 10.6 Å². The lowest BCUT2D eigenvalue weighted by Crippen LogP contribution is -2.48. The molecule has 2 atom stereocenters. The van der Waals surface area contributed by atoms with Crippen molar-refractivity contribution in [2.45, 2.75) is 25.8 Å². The molecule has 2 unspecified atom stereocenters. The molecule has 0 radical (unpaired) electrons. The van der Waals surface area contributed by atoms with Gasteiger partial charge in [-0.25, -0.2) is 12.7 Å². The maximum absolute atomic E-state index is 12.1. The number of rotatable bonds is 3.